The zero-order chi connectivity index (χ0) is 19.6. The van der Waals surface area contributed by atoms with Gasteiger partial charge >= 0.3 is 0 Å². The molecule has 6 heteroatoms. The van der Waals surface area contributed by atoms with Gasteiger partial charge in [0.15, 0.2) is 12.5 Å². The molecule has 2 aromatic carbocycles. The van der Waals surface area contributed by atoms with Crippen molar-refractivity contribution in [2.75, 3.05) is 24.7 Å². The number of rotatable bonds is 2. The van der Waals surface area contributed by atoms with E-state index in [1.165, 1.54) is 11.8 Å². The molecule has 3 aliphatic rings. The van der Waals surface area contributed by atoms with Gasteiger partial charge in [-0.25, -0.2) is 4.39 Å². The van der Waals surface area contributed by atoms with Gasteiger partial charge in [0.1, 0.15) is 11.4 Å². The number of allylic oxidation sites excluding steroid dienone is 1. The number of carbonyl (C=O) groups excluding carboxylic acids is 2. The van der Waals surface area contributed by atoms with Crippen molar-refractivity contribution in [2.24, 2.45) is 0 Å². The molecule has 2 heterocycles. The average molecular weight is 378 g/mol. The van der Waals surface area contributed by atoms with E-state index in [4.69, 9.17) is 4.74 Å². The van der Waals surface area contributed by atoms with Gasteiger partial charge in [0, 0.05) is 16.8 Å². The zero-order valence-corrected chi connectivity index (χ0v) is 15.7. The fourth-order valence-corrected chi connectivity index (χ4v) is 4.03. The average Bonchev–Trinajstić information content (AvgIpc) is 3.19. The number of amides is 1. The van der Waals surface area contributed by atoms with Crippen molar-refractivity contribution in [1.29, 1.82) is 0 Å². The lowest BCUT2D eigenvalue weighted by molar-refractivity contribution is -0.00786. The molecule has 28 heavy (non-hydrogen) atoms. The maximum atomic E-state index is 13.7. The Balaban J connectivity index is 1.41. The molecule has 0 aromatic heterocycles. The van der Waals surface area contributed by atoms with Crippen molar-refractivity contribution in [3.63, 3.8) is 0 Å². The highest BCUT2D eigenvalue weighted by Crippen LogP contribution is 2.41. The van der Waals surface area contributed by atoms with Crippen molar-refractivity contribution in [1.82, 2.24) is 4.90 Å². The summed E-state index contributed by atoms with van der Waals surface area (Å²) in [6, 6.07) is 11.0. The summed E-state index contributed by atoms with van der Waals surface area (Å²) >= 11 is 0. The molecule has 0 N–H and O–H groups in total. The van der Waals surface area contributed by atoms with Crippen LogP contribution >= 0.6 is 0 Å². The number of likely N-dealkylation sites (tertiary alicyclic amines) is 1. The predicted octanol–water partition coefficient (Wildman–Crippen LogP) is 3.96. The molecule has 0 atom stereocenters. The van der Waals surface area contributed by atoms with Crippen LogP contribution in [0.3, 0.4) is 0 Å². The number of nitrogens with zero attached hydrogens (tertiary/aromatic N) is 2. The Kier molecular flexibility index (Phi) is 3.44. The van der Waals surface area contributed by atoms with Gasteiger partial charge < -0.3 is 14.5 Å². The first-order valence-corrected chi connectivity index (χ1v) is 9.22. The lowest BCUT2D eigenvalue weighted by Gasteiger charge is -2.42. The molecule has 0 bridgehead atoms. The molecule has 0 radical (unpaired) electrons. The highest BCUT2D eigenvalue weighted by Gasteiger charge is 2.42. The number of Topliss-reactive ketones (excluding diaryl/α,β-unsaturated/α-hetero) is 1. The highest BCUT2D eigenvalue weighted by atomic mass is 19.1. The zero-order valence-electron chi connectivity index (χ0n) is 15.7. The number of carbonyl (C=O) groups is 2. The number of alkyl halides is 1. The van der Waals surface area contributed by atoms with E-state index in [9.17, 15) is 14.0 Å². The second kappa shape index (κ2) is 5.67. The highest BCUT2D eigenvalue weighted by molar-refractivity contribution is 6.17. The summed E-state index contributed by atoms with van der Waals surface area (Å²) in [7, 11) is 0. The predicted molar refractivity (Wildman–Crippen MR) is 104 cm³/mol. The van der Waals surface area contributed by atoms with E-state index in [0.29, 0.717) is 18.0 Å². The molecule has 1 saturated heterocycles. The number of hydrogen-bond donors (Lipinski definition) is 0. The number of fused-ring (bicyclic) bond motifs is 2. The first-order chi connectivity index (χ1) is 13.3. The van der Waals surface area contributed by atoms with Crippen molar-refractivity contribution in [3.8, 4) is 5.75 Å². The van der Waals surface area contributed by atoms with E-state index in [2.05, 4.69) is 0 Å². The Morgan fingerprint density at radius 2 is 1.96 bits per heavy atom. The van der Waals surface area contributed by atoms with Crippen LogP contribution in [0.1, 0.15) is 40.1 Å². The van der Waals surface area contributed by atoms with Crippen LogP contribution in [0.25, 0.3) is 6.08 Å². The number of ether oxygens (including phenoxy) is 1. The van der Waals surface area contributed by atoms with Crippen molar-refractivity contribution < 1.29 is 18.7 Å². The van der Waals surface area contributed by atoms with Crippen LogP contribution in [0.15, 0.2) is 42.0 Å². The van der Waals surface area contributed by atoms with Crippen LogP contribution in [-0.2, 0) is 0 Å². The first kappa shape index (κ1) is 17.0. The summed E-state index contributed by atoms with van der Waals surface area (Å²) in [5.74, 6) is 0.507. The number of halogens is 1. The Hall–Kier alpha value is -3.15. The van der Waals surface area contributed by atoms with Gasteiger partial charge in [0.25, 0.3) is 5.91 Å². The van der Waals surface area contributed by atoms with Gasteiger partial charge in [-0.3, -0.25) is 9.59 Å². The topological polar surface area (TPSA) is 49.9 Å². The SMILES string of the molecule is CC1=Cc2cc(N3COc4cc(C(=O)N5CC(C)(F)C5)ccc43)ccc2C1=O. The van der Waals surface area contributed by atoms with Crippen LogP contribution in [0, 0.1) is 0 Å². The van der Waals surface area contributed by atoms with E-state index >= 15 is 0 Å². The molecule has 0 saturated carbocycles. The summed E-state index contributed by atoms with van der Waals surface area (Å²) in [5, 5.41) is 0. The summed E-state index contributed by atoms with van der Waals surface area (Å²) in [5.41, 5.74) is 3.36. The number of benzene rings is 2. The van der Waals surface area contributed by atoms with Gasteiger partial charge in [0.05, 0.1) is 18.8 Å². The third kappa shape index (κ3) is 2.52. The maximum Gasteiger partial charge on any atom is 0.254 e. The summed E-state index contributed by atoms with van der Waals surface area (Å²) in [6.45, 7) is 3.89. The minimum absolute atomic E-state index is 0.0677. The molecule has 1 aliphatic carbocycles. The van der Waals surface area contributed by atoms with Crippen LogP contribution in [0.2, 0.25) is 0 Å². The molecule has 5 nitrogen and oxygen atoms in total. The van der Waals surface area contributed by atoms with Gasteiger partial charge in [0.2, 0.25) is 0 Å². The van der Waals surface area contributed by atoms with E-state index in [1.807, 2.05) is 42.2 Å². The lowest BCUT2D eigenvalue weighted by Crippen LogP contribution is -2.59. The second-order valence-electron chi connectivity index (χ2n) is 7.89. The minimum atomic E-state index is -1.29. The molecule has 5 rings (SSSR count). The second-order valence-corrected chi connectivity index (χ2v) is 7.89. The maximum absolute atomic E-state index is 13.7. The van der Waals surface area contributed by atoms with Gasteiger partial charge in [-0.2, -0.15) is 0 Å². The Morgan fingerprint density at radius 1 is 1.18 bits per heavy atom. The molecular formula is C22H19FN2O3. The Labute approximate surface area is 162 Å². The van der Waals surface area contributed by atoms with Gasteiger partial charge in [-0.05, 0) is 67.5 Å². The van der Waals surface area contributed by atoms with Crippen LogP contribution in [-0.4, -0.2) is 42.1 Å². The first-order valence-electron chi connectivity index (χ1n) is 9.22. The summed E-state index contributed by atoms with van der Waals surface area (Å²) < 4.78 is 19.5. The third-order valence-electron chi connectivity index (χ3n) is 5.50. The molecule has 1 fully saturated rings. The van der Waals surface area contributed by atoms with Crippen molar-refractivity contribution in [3.05, 3.63) is 58.7 Å². The molecule has 2 aromatic rings. The Bertz CT molecular complexity index is 1070. The fraction of sp³-hybridized carbons (Fsp3) is 0.273. The molecule has 1 amide bonds. The monoisotopic (exact) mass is 378 g/mol. The molecule has 0 unspecified atom stereocenters. The van der Waals surface area contributed by atoms with Crippen LogP contribution in [0.5, 0.6) is 5.75 Å². The molecular weight excluding hydrogens is 359 g/mol. The van der Waals surface area contributed by atoms with E-state index in [-0.39, 0.29) is 24.8 Å². The van der Waals surface area contributed by atoms with E-state index in [1.54, 1.807) is 12.1 Å². The third-order valence-corrected chi connectivity index (χ3v) is 5.50. The normalized spacial score (nSPS) is 19.0. The molecule has 0 spiro atoms. The van der Waals surface area contributed by atoms with Crippen molar-refractivity contribution in [2.45, 2.75) is 19.5 Å². The van der Waals surface area contributed by atoms with E-state index < -0.39 is 5.67 Å². The van der Waals surface area contributed by atoms with Gasteiger partial charge in [-0.1, -0.05) is 0 Å². The Morgan fingerprint density at radius 3 is 2.71 bits per heavy atom. The lowest BCUT2D eigenvalue weighted by atomic mass is 9.97. The quantitative estimate of drug-likeness (QED) is 0.794. The largest absolute Gasteiger partial charge is 0.471 e. The fourth-order valence-electron chi connectivity index (χ4n) is 4.03. The summed E-state index contributed by atoms with van der Waals surface area (Å²) in [4.78, 5) is 28.1. The molecule has 2 aliphatic heterocycles. The number of hydrogen-bond acceptors (Lipinski definition) is 4. The van der Waals surface area contributed by atoms with Gasteiger partial charge in [-0.15, -0.1) is 0 Å². The smallest absolute Gasteiger partial charge is 0.254 e. The number of anilines is 2. The minimum Gasteiger partial charge on any atom is -0.471 e. The standard InChI is InChI=1S/C22H19FN2O3/c1-13-7-15-8-16(4-5-17(15)20(13)26)25-12-28-19-9-14(3-6-18(19)25)21(27)24-10-22(2,23)11-24/h3-9H,10-12H2,1-2H3. The van der Waals surface area contributed by atoms with Crippen LogP contribution < -0.4 is 9.64 Å². The summed E-state index contributed by atoms with van der Waals surface area (Å²) in [6.07, 6.45) is 1.90. The molecule has 142 valence electrons. The van der Waals surface area contributed by atoms with Crippen molar-refractivity contribution >= 4 is 29.1 Å². The van der Waals surface area contributed by atoms with E-state index in [0.717, 1.165) is 28.1 Å². The number of ketones is 1. The van der Waals surface area contributed by atoms with Crippen LogP contribution in [0.4, 0.5) is 15.8 Å².